The topological polar surface area (TPSA) is 100 Å². The first-order chi connectivity index (χ1) is 6.81. The van der Waals surface area contributed by atoms with Crippen LogP contribution in [0.2, 0.25) is 0 Å². The van der Waals surface area contributed by atoms with E-state index in [1.807, 2.05) is 0 Å². The van der Waals surface area contributed by atoms with Crippen LogP contribution in [0, 0.1) is 0 Å². The number of ether oxygens (including phenoxy) is 1. The second-order valence-corrected chi connectivity index (χ2v) is 3.58. The Balaban J connectivity index is 4.66. The molecule has 0 aromatic carbocycles. The number of Topliss-reactive ketones (excluding diaryl/α,β-unsaturated/α-hetero) is 1. The second kappa shape index (κ2) is 5.38. The first-order valence-corrected chi connectivity index (χ1v) is 4.46. The lowest BCUT2D eigenvalue weighted by Crippen LogP contribution is -2.33. The molecule has 0 atom stereocenters. The summed E-state index contributed by atoms with van der Waals surface area (Å²) in [7, 11) is 0. The minimum absolute atomic E-state index is 0.0770. The van der Waals surface area contributed by atoms with E-state index in [-0.39, 0.29) is 13.0 Å². The predicted octanol–water partition coefficient (Wildman–Crippen LogP) is -0.0496. The van der Waals surface area contributed by atoms with E-state index < -0.39 is 23.1 Å². The van der Waals surface area contributed by atoms with Gasteiger partial charge in [0.25, 0.3) is 5.78 Å². The zero-order chi connectivity index (χ0) is 12.1. The molecule has 0 amide bonds. The van der Waals surface area contributed by atoms with Gasteiger partial charge in [-0.25, -0.2) is 4.79 Å². The van der Waals surface area contributed by atoms with Crippen molar-refractivity contribution in [1.29, 1.82) is 0 Å². The Morgan fingerprint density at radius 3 is 2.33 bits per heavy atom. The predicted molar refractivity (Wildman–Crippen MR) is 51.2 cm³/mol. The molecular weight excluding hydrogens is 200 g/mol. The molecule has 0 bridgehead atoms. The Kier molecular flexibility index (Phi) is 4.84. The van der Waals surface area contributed by atoms with Crippen molar-refractivity contribution >= 4 is 17.5 Å². The minimum atomic E-state index is -1.26. The molecule has 0 aliphatic rings. The van der Waals surface area contributed by atoms with Crippen LogP contribution in [0.4, 0.5) is 0 Å². The van der Waals surface area contributed by atoms with Crippen LogP contribution in [0.5, 0.6) is 0 Å². The molecule has 0 radical (unpaired) electrons. The summed E-state index contributed by atoms with van der Waals surface area (Å²) in [5, 5.41) is 9.33. The monoisotopic (exact) mass is 214 g/mol. The number of carbonyl (C=O) groups is 2. The van der Waals surface area contributed by atoms with Crippen LogP contribution in [0.25, 0.3) is 5.53 Å². The number of carbonyl (C=O) groups excluding carboxylic acids is 2. The number of ketones is 1. The fraction of sp³-hybridized carbons (Fsp3) is 0.667. The molecular formula is C9H14N2O4. The van der Waals surface area contributed by atoms with E-state index in [1.54, 1.807) is 6.92 Å². The van der Waals surface area contributed by atoms with Gasteiger partial charge in [-0.1, -0.05) is 0 Å². The smallest absolute Gasteiger partial charge is 0.441 e. The number of aliphatic hydroxyl groups is 1. The van der Waals surface area contributed by atoms with Crippen molar-refractivity contribution in [3.05, 3.63) is 5.53 Å². The highest BCUT2D eigenvalue weighted by Gasteiger charge is 2.34. The van der Waals surface area contributed by atoms with Gasteiger partial charge in [-0.15, -0.1) is 0 Å². The van der Waals surface area contributed by atoms with Crippen LogP contribution in [-0.4, -0.2) is 39.6 Å². The number of hydrogen-bond donors (Lipinski definition) is 1. The van der Waals surface area contributed by atoms with Gasteiger partial charge < -0.3 is 15.4 Å². The molecule has 1 N–H and O–H groups in total. The Bertz CT molecular complexity index is 311. The van der Waals surface area contributed by atoms with Gasteiger partial charge in [0, 0.05) is 6.42 Å². The molecule has 0 aliphatic carbocycles. The third-order valence-corrected chi connectivity index (χ3v) is 1.43. The SMILES string of the molecule is CCOC(=O)C(=[N+]=[N-])C(=O)CC(C)(C)O. The molecule has 15 heavy (non-hydrogen) atoms. The summed E-state index contributed by atoms with van der Waals surface area (Å²) in [6, 6.07) is 0. The Hall–Kier alpha value is -1.52. The van der Waals surface area contributed by atoms with E-state index in [2.05, 4.69) is 9.53 Å². The summed E-state index contributed by atoms with van der Waals surface area (Å²) in [6.07, 6.45) is -0.314. The molecule has 0 spiro atoms. The molecule has 0 rings (SSSR count). The normalized spacial score (nSPS) is 10.4. The van der Waals surface area contributed by atoms with Gasteiger partial charge in [0.2, 0.25) is 0 Å². The largest absolute Gasteiger partial charge is 0.457 e. The van der Waals surface area contributed by atoms with Crippen LogP contribution < -0.4 is 0 Å². The maximum atomic E-state index is 11.4. The van der Waals surface area contributed by atoms with Gasteiger partial charge in [0.15, 0.2) is 0 Å². The molecule has 0 fully saturated rings. The first kappa shape index (κ1) is 13.5. The number of hydrogen-bond acceptors (Lipinski definition) is 4. The Morgan fingerprint density at radius 2 is 2.00 bits per heavy atom. The molecule has 0 heterocycles. The fourth-order valence-corrected chi connectivity index (χ4v) is 0.887. The summed E-state index contributed by atoms with van der Waals surface area (Å²) >= 11 is 0. The summed E-state index contributed by atoms with van der Waals surface area (Å²) in [5.74, 6) is -1.75. The molecule has 6 heteroatoms. The van der Waals surface area contributed by atoms with E-state index in [4.69, 9.17) is 5.53 Å². The molecule has 0 aliphatic heterocycles. The van der Waals surface area contributed by atoms with E-state index in [0.29, 0.717) is 0 Å². The van der Waals surface area contributed by atoms with E-state index in [1.165, 1.54) is 13.8 Å². The lowest BCUT2D eigenvalue weighted by molar-refractivity contribution is -0.142. The first-order valence-electron chi connectivity index (χ1n) is 4.46. The van der Waals surface area contributed by atoms with Crippen molar-refractivity contribution < 1.29 is 24.2 Å². The fourth-order valence-electron chi connectivity index (χ4n) is 0.887. The van der Waals surface area contributed by atoms with Crippen LogP contribution >= 0.6 is 0 Å². The maximum absolute atomic E-state index is 11.4. The second-order valence-electron chi connectivity index (χ2n) is 3.58. The van der Waals surface area contributed by atoms with Crippen molar-refractivity contribution in [3.63, 3.8) is 0 Å². The minimum Gasteiger partial charge on any atom is -0.457 e. The zero-order valence-electron chi connectivity index (χ0n) is 8.98. The van der Waals surface area contributed by atoms with Crippen molar-refractivity contribution in [1.82, 2.24) is 0 Å². The average molecular weight is 214 g/mol. The summed E-state index contributed by atoms with van der Waals surface area (Å²) in [5.41, 5.74) is 6.52. The Labute approximate surface area is 87.5 Å². The number of esters is 1. The summed E-state index contributed by atoms with van der Waals surface area (Å²) < 4.78 is 4.50. The summed E-state index contributed by atoms with van der Waals surface area (Å²) in [6.45, 7) is 4.46. The van der Waals surface area contributed by atoms with E-state index in [0.717, 1.165) is 0 Å². The molecule has 0 aromatic heterocycles. The molecule has 0 unspecified atom stereocenters. The highest BCUT2D eigenvalue weighted by molar-refractivity contribution is 6.62. The van der Waals surface area contributed by atoms with Gasteiger partial charge in [0.1, 0.15) is 0 Å². The van der Waals surface area contributed by atoms with E-state index >= 15 is 0 Å². The van der Waals surface area contributed by atoms with Gasteiger partial charge in [-0.2, -0.15) is 4.79 Å². The number of rotatable bonds is 5. The Morgan fingerprint density at radius 1 is 1.47 bits per heavy atom. The van der Waals surface area contributed by atoms with Crippen molar-refractivity contribution in [3.8, 4) is 0 Å². The molecule has 0 aromatic rings. The third kappa shape index (κ3) is 5.05. The van der Waals surface area contributed by atoms with Crippen LogP contribution in [0.3, 0.4) is 0 Å². The van der Waals surface area contributed by atoms with Gasteiger partial charge >= 0.3 is 11.7 Å². The van der Waals surface area contributed by atoms with E-state index in [9.17, 15) is 14.7 Å². The molecule has 84 valence electrons. The lowest BCUT2D eigenvalue weighted by Gasteiger charge is -2.13. The van der Waals surface area contributed by atoms with Gasteiger partial charge in [-0.3, -0.25) is 4.79 Å². The average Bonchev–Trinajstić information content (AvgIpc) is 2.02. The highest BCUT2D eigenvalue weighted by Crippen LogP contribution is 2.08. The van der Waals surface area contributed by atoms with Crippen molar-refractivity contribution in [2.75, 3.05) is 6.61 Å². The lowest BCUT2D eigenvalue weighted by atomic mass is 10.00. The maximum Gasteiger partial charge on any atom is 0.441 e. The molecule has 0 saturated heterocycles. The van der Waals surface area contributed by atoms with Gasteiger partial charge in [0.05, 0.1) is 12.2 Å². The van der Waals surface area contributed by atoms with Crippen LogP contribution in [-0.2, 0) is 14.3 Å². The van der Waals surface area contributed by atoms with Crippen LogP contribution in [0.1, 0.15) is 27.2 Å². The zero-order valence-corrected chi connectivity index (χ0v) is 8.98. The quantitative estimate of drug-likeness (QED) is 0.228. The molecule has 0 saturated carbocycles. The highest BCUT2D eigenvalue weighted by atomic mass is 16.5. The third-order valence-electron chi connectivity index (χ3n) is 1.43. The number of nitrogens with zero attached hydrogens (tertiary/aromatic N) is 2. The molecule has 6 nitrogen and oxygen atoms in total. The summed E-state index contributed by atoms with van der Waals surface area (Å²) in [4.78, 5) is 25.0. The van der Waals surface area contributed by atoms with Crippen molar-refractivity contribution in [2.24, 2.45) is 0 Å². The van der Waals surface area contributed by atoms with Crippen LogP contribution in [0.15, 0.2) is 0 Å². The van der Waals surface area contributed by atoms with Crippen molar-refractivity contribution in [2.45, 2.75) is 32.8 Å². The van der Waals surface area contributed by atoms with Gasteiger partial charge in [-0.05, 0) is 20.8 Å². The standard InChI is InChI=1S/C9H14N2O4/c1-4-15-8(13)7(11-10)6(12)5-9(2,3)14/h14H,4-5H2,1-3H3.